The van der Waals surface area contributed by atoms with Crippen LogP contribution in [0.25, 0.3) is 11.0 Å². The van der Waals surface area contributed by atoms with Crippen molar-refractivity contribution in [2.24, 2.45) is 0 Å². The second-order valence-electron chi connectivity index (χ2n) is 5.13. The molecule has 1 aliphatic heterocycles. The van der Waals surface area contributed by atoms with E-state index >= 15 is 0 Å². The molecular weight excluding hydrogens is 270 g/mol. The van der Waals surface area contributed by atoms with Crippen molar-refractivity contribution < 1.29 is 14.6 Å². The number of amides is 1. The maximum absolute atomic E-state index is 12.6. The molecule has 1 N–H and O–H groups in total. The molecule has 2 aromatic rings. The summed E-state index contributed by atoms with van der Waals surface area (Å²) in [5, 5.41) is 10.0. The SMILES string of the molecule is COCC1CCCN1C(=O)c1nc2ccccc2nc1O. The van der Waals surface area contributed by atoms with Crippen molar-refractivity contribution in [3.05, 3.63) is 30.0 Å². The van der Waals surface area contributed by atoms with E-state index in [0.717, 1.165) is 12.8 Å². The molecule has 1 amide bonds. The number of methoxy groups -OCH3 is 1. The predicted octanol–water partition coefficient (Wildman–Crippen LogP) is 1.59. The van der Waals surface area contributed by atoms with Crippen molar-refractivity contribution in [1.82, 2.24) is 14.9 Å². The summed E-state index contributed by atoms with van der Waals surface area (Å²) in [4.78, 5) is 22.6. The topological polar surface area (TPSA) is 75.5 Å². The quantitative estimate of drug-likeness (QED) is 0.927. The summed E-state index contributed by atoms with van der Waals surface area (Å²) >= 11 is 0. The van der Waals surface area contributed by atoms with Crippen molar-refractivity contribution in [3.8, 4) is 5.88 Å². The van der Waals surface area contributed by atoms with Gasteiger partial charge in [0.1, 0.15) is 0 Å². The van der Waals surface area contributed by atoms with E-state index in [1.54, 1.807) is 24.1 Å². The summed E-state index contributed by atoms with van der Waals surface area (Å²) in [5.41, 5.74) is 1.18. The molecule has 1 unspecified atom stereocenters. The van der Waals surface area contributed by atoms with Crippen LogP contribution in [0.3, 0.4) is 0 Å². The zero-order valence-corrected chi connectivity index (χ0v) is 11.8. The van der Waals surface area contributed by atoms with Crippen LogP contribution in [0.5, 0.6) is 5.88 Å². The van der Waals surface area contributed by atoms with Gasteiger partial charge >= 0.3 is 0 Å². The van der Waals surface area contributed by atoms with Crippen LogP contribution in [0.2, 0.25) is 0 Å². The molecule has 1 atom stereocenters. The van der Waals surface area contributed by atoms with E-state index in [1.807, 2.05) is 12.1 Å². The zero-order valence-electron chi connectivity index (χ0n) is 11.8. The number of benzene rings is 1. The number of carbonyl (C=O) groups is 1. The number of fused-ring (bicyclic) bond motifs is 1. The average molecular weight is 287 g/mol. The van der Waals surface area contributed by atoms with Crippen molar-refractivity contribution in [1.29, 1.82) is 0 Å². The third-order valence-electron chi connectivity index (χ3n) is 3.75. The second kappa shape index (κ2) is 5.65. The number of para-hydroxylation sites is 2. The van der Waals surface area contributed by atoms with Gasteiger partial charge in [0, 0.05) is 13.7 Å². The number of likely N-dealkylation sites (tertiary alicyclic amines) is 1. The molecule has 0 bridgehead atoms. The molecule has 1 aromatic carbocycles. The van der Waals surface area contributed by atoms with E-state index in [4.69, 9.17) is 4.74 Å². The fourth-order valence-electron chi connectivity index (χ4n) is 2.74. The van der Waals surface area contributed by atoms with Gasteiger partial charge in [-0.25, -0.2) is 9.97 Å². The summed E-state index contributed by atoms with van der Waals surface area (Å²) in [6.07, 6.45) is 1.84. The lowest BCUT2D eigenvalue weighted by atomic mass is 10.2. The summed E-state index contributed by atoms with van der Waals surface area (Å²) in [6.45, 7) is 1.15. The zero-order chi connectivity index (χ0) is 14.8. The highest BCUT2D eigenvalue weighted by Crippen LogP contribution is 2.24. The fraction of sp³-hybridized carbons (Fsp3) is 0.400. The molecule has 0 saturated carbocycles. The van der Waals surface area contributed by atoms with E-state index in [0.29, 0.717) is 24.2 Å². The van der Waals surface area contributed by atoms with Gasteiger partial charge in [0.15, 0.2) is 5.69 Å². The molecule has 0 aliphatic carbocycles. The maximum Gasteiger partial charge on any atom is 0.278 e. The smallest absolute Gasteiger partial charge is 0.278 e. The molecule has 2 heterocycles. The first-order valence-corrected chi connectivity index (χ1v) is 6.96. The Kier molecular flexibility index (Phi) is 3.70. The van der Waals surface area contributed by atoms with Gasteiger partial charge in [0.25, 0.3) is 5.91 Å². The van der Waals surface area contributed by atoms with Crippen LogP contribution in [0.4, 0.5) is 0 Å². The number of rotatable bonds is 3. The number of hydrogen-bond acceptors (Lipinski definition) is 5. The number of ether oxygens (including phenoxy) is 1. The maximum atomic E-state index is 12.6. The molecule has 110 valence electrons. The van der Waals surface area contributed by atoms with Gasteiger partial charge in [-0.15, -0.1) is 0 Å². The fourth-order valence-corrected chi connectivity index (χ4v) is 2.74. The lowest BCUT2D eigenvalue weighted by Gasteiger charge is -2.23. The Bertz CT molecular complexity index is 674. The normalized spacial score (nSPS) is 18.3. The standard InChI is InChI=1S/C15H17N3O3/c1-21-9-10-5-4-8-18(10)15(20)13-14(19)17-12-7-3-2-6-11(12)16-13/h2-3,6-7,10H,4-5,8-9H2,1H3,(H,17,19). The molecule has 21 heavy (non-hydrogen) atoms. The molecule has 6 heteroatoms. The molecule has 3 rings (SSSR count). The lowest BCUT2D eigenvalue weighted by Crippen LogP contribution is -2.38. The summed E-state index contributed by atoms with van der Waals surface area (Å²) in [5.74, 6) is -0.605. The van der Waals surface area contributed by atoms with Crippen molar-refractivity contribution in [2.45, 2.75) is 18.9 Å². The predicted molar refractivity (Wildman–Crippen MR) is 77.1 cm³/mol. The Morgan fingerprint density at radius 3 is 2.81 bits per heavy atom. The van der Waals surface area contributed by atoms with Crippen LogP contribution in [0, 0.1) is 0 Å². The van der Waals surface area contributed by atoms with Crippen LogP contribution in [0.15, 0.2) is 24.3 Å². The van der Waals surface area contributed by atoms with Gasteiger partial charge in [-0.05, 0) is 25.0 Å². The second-order valence-corrected chi connectivity index (χ2v) is 5.13. The molecule has 0 radical (unpaired) electrons. The molecule has 1 saturated heterocycles. The Balaban J connectivity index is 1.95. The van der Waals surface area contributed by atoms with Crippen LogP contribution < -0.4 is 0 Å². The van der Waals surface area contributed by atoms with Gasteiger partial charge < -0.3 is 14.7 Å². The van der Waals surface area contributed by atoms with Gasteiger partial charge in [-0.1, -0.05) is 12.1 Å². The Labute approximate surface area is 122 Å². The van der Waals surface area contributed by atoms with Gasteiger partial charge in [-0.3, -0.25) is 4.79 Å². The number of nitrogens with zero attached hydrogens (tertiary/aromatic N) is 3. The summed E-state index contributed by atoms with van der Waals surface area (Å²) < 4.78 is 5.15. The Morgan fingerprint density at radius 2 is 2.10 bits per heavy atom. The summed E-state index contributed by atoms with van der Waals surface area (Å²) in [7, 11) is 1.62. The first-order valence-electron chi connectivity index (χ1n) is 6.96. The molecule has 1 aliphatic rings. The van der Waals surface area contributed by atoms with Crippen LogP contribution in [0.1, 0.15) is 23.3 Å². The van der Waals surface area contributed by atoms with E-state index in [9.17, 15) is 9.90 Å². The van der Waals surface area contributed by atoms with Gasteiger partial charge in [-0.2, -0.15) is 0 Å². The van der Waals surface area contributed by atoms with Crippen molar-refractivity contribution in [3.63, 3.8) is 0 Å². The van der Waals surface area contributed by atoms with Gasteiger partial charge in [0.2, 0.25) is 5.88 Å². The minimum atomic E-state index is -0.318. The first-order chi connectivity index (χ1) is 10.2. The Hall–Kier alpha value is -2.21. The van der Waals surface area contributed by atoms with E-state index < -0.39 is 0 Å². The average Bonchev–Trinajstić information content (AvgIpc) is 2.94. The third-order valence-corrected chi connectivity index (χ3v) is 3.75. The number of carbonyl (C=O) groups excluding carboxylic acids is 1. The van der Waals surface area contributed by atoms with E-state index in [2.05, 4.69) is 9.97 Å². The monoisotopic (exact) mass is 287 g/mol. The Morgan fingerprint density at radius 1 is 1.38 bits per heavy atom. The van der Waals surface area contributed by atoms with Crippen LogP contribution in [-0.4, -0.2) is 52.2 Å². The highest BCUT2D eigenvalue weighted by atomic mass is 16.5. The number of aromatic nitrogens is 2. The van der Waals surface area contributed by atoms with Crippen LogP contribution >= 0.6 is 0 Å². The molecule has 1 fully saturated rings. The minimum absolute atomic E-state index is 0.0108. The number of aromatic hydroxyl groups is 1. The highest BCUT2D eigenvalue weighted by Gasteiger charge is 2.32. The molecule has 1 aromatic heterocycles. The number of hydrogen-bond donors (Lipinski definition) is 1. The molecule has 0 spiro atoms. The lowest BCUT2D eigenvalue weighted by molar-refractivity contribution is 0.0621. The highest BCUT2D eigenvalue weighted by molar-refractivity contribution is 5.96. The van der Waals surface area contributed by atoms with Crippen molar-refractivity contribution in [2.75, 3.05) is 20.3 Å². The van der Waals surface area contributed by atoms with E-state index in [-0.39, 0.29) is 23.5 Å². The van der Waals surface area contributed by atoms with Crippen molar-refractivity contribution >= 4 is 16.9 Å². The van der Waals surface area contributed by atoms with Crippen LogP contribution in [-0.2, 0) is 4.74 Å². The molecular formula is C15H17N3O3. The minimum Gasteiger partial charge on any atom is -0.492 e. The first kappa shape index (κ1) is 13.8. The summed E-state index contributed by atoms with van der Waals surface area (Å²) in [6, 6.07) is 7.20. The van der Waals surface area contributed by atoms with Gasteiger partial charge in [0.05, 0.1) is 23.7 Å². The largest absolute Gasteiger partial charge is 0.492 e. The molecule has 6 nitrogen and oxygen atoms in total. The van der Waals surface area contributed by atoms with E-state index in [1.165, 1.54) is 0 Å². The third kappa shape index (κ3) is 2.54.